The zero-order chi connectivity index (χ0) is 20.9. The second kappa shape index (κ2) is 9.41. The molecule has 6 nitrogen and oxygen atoms in total. The van der Waals surface area contributed by atoms with Crippen molar-refractivity contribution in [2.75, 3.05) is 38.0 Å². The minimum Gasteiger partial charge on any atom is -0.353 e. The van der Waals surface area contributed by atoms with E-state index in [0.29, 0.717) is 29.4 Å². The standard InChI is InChI=1S/C20H26ClN3O3S/c1-15-8-10-17(11-9-15)28(26,27)24(14-20(25)22-12-13-23(3)4)19-7-5-6-18(21)16(19)2/h5-11H,12-14H2,1-4H3,(H,22,25). The SMILES string of the molecule is Cc1ccc(S(=O)(=O)N(CC(=O)NCCN(C)C)c2cccc(Cl)c2C)cc1. The van der Waals surface area contributed by atoms with E-state index >= 15 is 0 Å². The van der Waals surface area contributed by atoms with Gasteiger partial charge in [-0.1, -0.05) is 35.4 Å². The first-order valence-corrected chi connectivity index (χ1v) is 10.7. The molecule has 0 aliphatic carbocycles. The summed E-state index contributed by atoms with van der Waals surface area (Å²) in [6.45, 7) is 4.38. The number of hydrogen-bond acceptors (Lipinski definition) is 4. The summed E-state index contributed by atoms with van der Waals surface area (Å²) >= 11 is 6.20. The number of hydrogen-bond donors (Lipinski definition) is 1. The van der Waals surface area contributed by atoms with Gasteiger partial charge in [0.15, 0.2) is 0 Å². The van der Waals surface area contributed by atoms with Crippen LogP contribution in [0.5, 0.6) is 0 Å². The van der Waals surface area contributed by atoms with E-state index in [9.17, 15) is 13.2 Å². The summed E-state index contributed by atoms with van der Waals surface area (Å²) in [4.78, 5) is 14.5. The highest BCUT2D eigenvalue weighted by Crippen LogP contribution is 2.30. The summed E-state index contributed by atoms with van der Waals surface area (Å²) in [5.74, 6) is -0.378. The summed E-state index contributed by atoms with van der Waals surface area (Å²) in [5.41, 5.74) is 1.93. The second-order valence-electron chi connectivity index (χ2n) is 6.86. The lowest BCUT2D eigenvalue weighted by Crippen LogP contribution is -2.42. The van der Waals surface area contributed by atoms with E-state index in [2.05, 4.69) is 5.32 Å². The van der Waals surface area contributed by atoms with Gasteiger partial charge < -0.3 is 10.2 Å². The van der Waals surface area contributed by atoms with Crippen molar-refractivity contribution in [3.63, 3.8) is 0 Å². The van der Waals surface area contributed by atoms with Gasteiger partial charge >= 0.3 is 0 Å². The fourth-order valence-electron chi connectivity index (χ4n) is 2.61. The number of halogens is 1. The third-order valence-electron chi connectivity index (χ3n) is 4.29. The molecule has 0 atom stereocenters. The lowest BCUT2D eigenvalue weighted by atomic mass is 10.2. The number of carbonyl (C=O) groups excluding carboxylic acids is 1. The average molecular weight is 424 g/mol. The summed E-state index contributed by atoms with van der Waals surface area (Å²) in [5, 5.41) is 3.20. The van der Waals surface area contributed by atoms with Crippen LogP contribution in [0.2, 0.25) is 5.02 Å². The molecular formula is C20H26ClN3O3S. The van der Waals surface area contributed by atoms with Crippen molar-refractivity contribution in [2.45, 2.75) is 18.7 Å². The maximum absolute atomic E-state index is 13.3. The first kappa shape index (κ1) is 22.2. The van der Waals surface area contributed by atoms with E-state index in [0.717, 1.165) is 9.87 Å². The highest BCUT2D eigenvalue weighted by molar-refractivity contribution is 7.92. The molecule has 0 aliphatic rings. The number of benzene rings is 2. The molecule has 0 saturated heterocycles. The van der Waals surface area contributed by atoms with Gasteiger partial charge in [-0.05, 0) is 57.8 Å². The zero-order valence-corrected chi connectivity index (χ0v) is 18.1. The number of likely N-dealkylation sites (N-methyl/N-ethyl adjacent to an activating group) is 1. The Labute approximate surface area is 172 Å². The number of carbonyl (C=O) groups is 1. The molecule has 0 aliphatic heterocycles. The Morgan fingerprint density at radius 3 is 2.32 bits per heavy atom. The van der Waals surface area contributed by atoms with Crippen LogP contribution >= 0.6 is 11.6 Å². The van der Waals surface area contributed by atoms with Gasteiger partial charge in [-0.2, -0.15) is 0 Å². The van der Waals surface area contributed by atoms with Crippen molar-refractivity contribution in [3.05, 3.63) is 58.6 Å². The van der Waals surface area contributed by atoms with E-state index in [4.69, 9.17) is 11.6 Å². The largest absolute Gasteiger partial charge is 0.353 e. The minimum atomic E-state index is -3.94. The zero-order valence-electron chi connectivity index (χ0n) is 16.6. The van der Waals surface area contributed by atoms with Crippen LogP contribution < -0.4 is 9.62 Å². The van der Waals surface area contributed by atoms with Gasteiger partial charge in [0.05, 0.1) is 10.6 Å². The number of aryl methyl sites for hydroxylation is 1. The Bertz CT molecular complexity index is 928. The molecule has 152 valence electrons. The van der Waals surface area contributed by atoms with Crippen molar-refractivity contribution >= 4 is 33.2 Å². The molecular weight excluding hydrogens is 398 g/mol. The predicted molar refractivity (Wildman–Crippen MR) is 113 cm³/mol. The van der Waals surface area contributed by atoms with Crippen LogP contribution in [-0.4, -0.2) is 53.0 Å². The smallest absolute Gasteiger partial charge is 0.264 e. The van der Waals surface area contributed by atoms with Gasteiger partial charge in [0.1, 0.15) is 6.54 Å². The second-order valence-corrected chi connectivity index (χ2v) is 9.13. The van der Waals surface area contributed by atoms with Crippen LogP contribution in [0.4, 0.5) is 5.69 Å². The van der Waals surface area contributed by atoms with Gasteiger partial charge in [0.25, 0.3) is 10.0 Å². The molecule has 28 heavy (non-hydrogen) atoms. The molecule has 1 N–H and O–H groups in total. The van der Waals surface area contributed by atoms with E-state index in [-0.39, 0.29) is 17.3 Å². The summed E-state index contributed by atoms with van der Waals surface area (Å²) in [6, 6.07) is 11.6. The molecule has 2 aromatic carbocycles. The van der Waals surface area contributed by atoms with Crippen LogP contribution in [0.3, 0.4) is 0 Å². The average Bonchev–Trinajstić information content (AvgIpc) is 2.62. The number of amides is 1. The Morgan fingerprint density at radius 2 is 1.71 bits per heavy atom. The van der Waals surface area contributed by atoms with Crippen LogP contribution in [0.15, 0.2) is 47.4 Å². The van der Waals surface area contributed by atoms with E-state index in [1.165, 1.54) is 0 Å². The van der Waals surface area contributed by atoms with Gasteiger partial charge in [-0.25, -0.2) is 8.42 Å². The van der Waals surface area contributed by atoms with Crippen molar-refractivity contribution in [1.29, 1.82) is 0 Å². The lowest BCUT2D eigenvalue weighted by Gasteiger charge is -2.26. The lowest BCUT2D eigenvalue weighted by molar-refractivity contribution is -0.119. The third kappa shape index (κ3) is 5.47. The summed E-state index contributed by atoms with van der Waals surface area (Å²) < 4.78 is 27.8. The Balaban J connectivity index is 2.40. The predicted octanol–water partition coefficient (Wildman–Crippen LogP) is 2.83. The monoisotopic (exact) mass is 423 g/mol. The summed E-state index contributed by atoms with van der Waals surface area (Å²) in [7, 11) is -0.146. The molecule has 8 heteroatoms. The number of nitrogens with zero attached hydrogens (tertiary/aromatic N) is 2. The number of sulfonamides is 1. The molecule has 2 rings (SSSR count). The highest BCUT2D eigenvalue weighted by atomic mass is 35.5. The topological polar surface area (TPSA) is 69.7 Å². The van der Waals surface area contributed by atoms with Crippen LogP contribution in [0.1, 0.15) is 11.1 Å². The first-order valence-electron chi connectivity index (χ1n) is 8.89. The fraction of sp³-hybridized carbons (Fsp3) is 0.350. The Kier molecular flexibility index (Phi) is 7.46. The minimum absolute atomic E-state index is 0.124. The van der Waals surface area contributed by atoms with Gasteiger partial charge in [0.2, 0.25) is 5.91 Å². The molecule has 0 aromatic heterocycles. The maximum atomic E-state index is 13.3. The molecule has 0 unspecified atom stereocenters. The Hall–Kier alpha value is -2.09. The molecule has 2 aromatic rings. The number of nitrogens with one attached hydrogen (secondary N) is 1. The van der Waals surface area contributed by atoms with Gasteiger partial charge in [-0.15, -0.1) is 0 Å². The van der Waals surface area contributed by atoms with Crippen molar-refractivity contribution in [2.24, 2.45) is 0 Å². The number of anilines is 1. The van der Waals surface area contributed by atoms with Crippen LogP contribution in [-0.2, 0) is 14.8 Å². The van der Waals surface area contributed by atoms with E-state index < -0.39 is 10.0 Å². The molecule has 0 radical (unpaired) electrons. The highest BCUT2D eigenvalue weighted by Gasteiger charge is 2.28. The summed E-state index contributed by atoms with van der Waals surface area (Å²) in [6.07, 6.45) is 0. The maximum Gasteiger partial charge on any atom is 0.264 e. The Morgan fingerprint density at radius 1 is 1.07 bits per heavy atom. The molecule has 0 heterocycles. The molecule has 0 saturated carbocycles. The molecule has 1 amide bonds. The van der Waals surface area contributed by atoms with Crippen molar-refractivity contribution in [3.8, 4) is 0 Å². The molecule has 0 bridgehead atoms. The quantitative estimate of drug-likeness (QED) is 0.708. The fourth-order valence-corrected chi connectivity index (χ4v) is 4.26. The van der Waals surface area contributed by atoms with E-state index in [1.807, 2.05) is 25.9 Å². The molecule has 0 fully saturated rings. The first-order chi connectivity index (χ1) is 13.1. The van der Waals surface area contributed by atoms with E-state index in [1.54, 1.807) is 49.4 Å². The van der Waals surface area contributed by atoms with Gasteiger partial charge in [-0.3, -0.25) is 9.10 Å². The van der Waals surface area contributed by atoms with Gasteiger partial charge in [0, 0.05) is 18.1 Å². The normalized spacial score (nSPS) is 11.5. The molecule has 0 spiro atoms. The van der Waals surface area contributed by atoms with Crippen molar-refractivity contribution < 1.29 is 13.2 Å². The van der Waals surface area contributed by atoms with Crippen molar-refractivity contribution in [1.82, 2.24) is 10.2 Å². The number of rotatable bonds is 8. The van der Waals surface area contributed by atoms with Crippen LogP contribution in [0, 0.1) is 13.8 Å². The third-order valence-corrected chi connectivity index (χ3v) is 6.47. The van der Waals surface area contributed by atoms with Crippen LogP contribution in [0.25, 0.3) is 0 Å².